The van der Waals surface area contributed by atoms with Gasteiger partial charge in [0.15, 0.2) is 0 Å². The third-order valence-electron chi connectivity index (χ3n) is 6.41. The second-order valence-electron chi connectivity index (χ2n) is 9.11. The summed E-state index contributed by atoms with van der Waals surface area (Å²) in [5.74, 6) is -0.456. The van der Waals surface area contributed by atoms with Crippen molar-refractivity contribution in [2.75, 3.05) is 0 Å². The molecular formula is C26H31NO4S. The van der Waals surface area contributed by atoms with Crippen LogP contribution in [0.1, 0.15) is 73.6 Å². The van der Waals surface area contributed by atoms with E-state index in [0.717, 1.165) is 53.9 Å². The van der Waals surface area contributed by atoms with Crippen LogP contribution in [0.5, 0.6) is 5.75 Å². The van der Waals surface area contributed by atoms with Gasteiger partial charge in [-0.2, -0.15) is 0 Å². The van der Waals surface area contributed by atoms with Gasteiger partial charge in [-0.25, -0.2) is 0 Å². The highest BCUT2D eigenvalue weighted by atomic mass is 32.1. The number of nitrogens with zero attached hydrogens (tertiary/aromatic N) is 1. The molecule has 0 spiro atoms. The monoisotopic (exact) mass is 453 g/mol. The summed E-state index contributed by atoms with van der Waals surface area (Å²) >= 11 is 1.54. The number of carbonyl (C=O) groups is 2. The molecule has 0 radical (unpaired) electrons. The van der Waals surface area contributed by atoms with Gasteiger partial charge in [0.25, 0.3) is 11.7 Å². The van der Waals surface area contributed by atoms with Crippen molar-refractivity contribution in [3.05, 3.63) is 56.8 Å². The van der Waals surface area contributed by atoms with Gasteiger partial charge in [-0.15, -0.1) is 11.3 Å². The fourth-order valence-corrected chi connectivity index (χ4v) is 5.88. The molecular weight excluding hydrogens is 422 g/mol. The topological polar surface area (TPSA) is 66.8 Å². The van der Waals surface area contributed by atoms with E-state index in [0.29, 0.717) is 5.56 Å². The van der Waals surface area contributed by atoms with E-state index in [4.69, 9.17) is 4.74 Å². The fourth-order valence-electron chi connectivity index (χ4n) is 4.85. The van der Waals surface area contributed by atoms with Crippen LogP contribution in [0.25, 0.3) is 5.76 Å². The van der Waals surface area contributed by atoms with E-state index in [1.807, 2.05) is 51.3 Å². The summed E-state index contributed by atoms with van der Waals surface area (Å²) < 4.78 is 5.81. The maximum absolute atomic E-state index is 13.3. The van der Waals surface area contributed by atoms with Crippen molar-refractivity contribution in [2.45, 2.75) is 78.0 Å². The van der Waals surface area contributed by atoms with Crippen LogP contribution >= 0.6 is 11.3 Å². The molecule has 2 fully saturated rings. The van der Waals surface area contributed by atoms with Gasteiger partial charge in [-0.05, 0) is 81.3 Å². The van der Waals surface area contributed by atoms with Crippen LogP contribution in [0.15, 0.2) is 35.2 Å². The molecule has 2 heterocycles. The number of rotatable bonds is 5. The smallest absolute Gasteiger partial charge is 0.295 e. The molecule has 32 heavy (non-hydrogen) atoms. The van der Waals surface area contributed by atoms with E-state index in [1.54, 1.807) is 11.0 Å². The minimum atomic E-state index is -0.592. The Balaban J connectivity index is 1.82. The summed E-state index contributed by atoms with van der Waals surface area (Å²) in [6.07, 6.45) is 5.10. The molecule has 5 nitrogen and oxygen atoms in total. The molecule has 1 amide bonds. The van der Waals surface area contributed by atoms with E-state index in [-0.39, 0.29) is 23.5 Å². The molecule has 170 valence electrons. The number of ether oxygens (including phenoxy) is 1. The quantitative estimate of drug-likeness (QED) is 0.347. The Morgan fingerprint density at radius 2 is 1.81 bits per heavy atom. The van der Waals surface area contributed by atoms with E-state index in [9.17, 15) is 14.7 Å². The molecule has 2 aliphatic rings. The van der Waals surface area contributed by atoms with E-state index < -0.39 is 17.7 Å². The van der Waals surface area contributed by atoms with Gasteiger partial charge < -0.3 is 14.7 Å². The van der Waals surface area contributed by atoms with Gasteiger partial charge in [0.1, 0.15) is 17.6 Å². The van der Waals surface area contributed by atoms with Gasteiger partial charge >= 0.3 is 0 Å². The zero-order chi connectivity index (χ0) is 23.0. The molecule has 0 bridgehead atoms. The number of aliphatic hydroxyl groups is 1. The number of ketones is 1. The van der Waals surface area contributed by atoms with E-state index in [1.165, 1.54) is 11.3 Å². The number of aryl methyl sites for hydroxylation is 2. The summed E-state index contributed by atoms with van der Waals surface area (Å²) in [5, 5.41) is 13.3. The zero-order valence-electron chi connectivity index (χ0n) is 19.2. The highest BCUT2D eigenvalue weighted by molar-refractivity contribution is 7.10. The summed E-state index contributed by atoms with van der Waals surface area (Å²) in [6, 6.07) is 6.88. The number of aliphatic hydroxyl groups excluding tert-OH is 1. The number of amides is 1. The Morgan fingerprint density at radius 3 is 2.41 bits per heavy atom. The Bertz CT molecular complexity index is 1060. The number of thiophene rings is 1. The first-order valence-electron chi connectivity index (χ1n) is 11.4. The molecule has 1 saturated carbocycles. The number of carbonyl (C=O) groups excluding carboxylic acids is 2. The highest BCUT2D eigenvalue weighted by Gasteiger charge is 2.49. The Kier molecular flexibility index (Phi) is 6.42. The molecule has 1 atom stereocenters. The third-order valence-corrected chi connectivity index (χ3v) is 7.48. The molecule has 1 unspecified atom stereocenters. The second-order valence-corrected chi connectivity index (χ2v) is 10.1. The average Bonchev–Trinajstić information content (AvgIpc) is 3.30. The average molecular weight is 454 g/mol. The predicted molar refractivity (Wildman–Crippen MR) is 127 cm³/mol. The Labute approximate surface area is 193 Å². The lowest BCUT2D eigenvalue weighted by Gasteiger charge is -2.35. The van der Waals surface area contributed by atoms with Crippen LogP contribution in [-0.4, -0.2) is 33.8 Å². The summed E-state index contributed by atoms with van der Waals surface area (Å²) in [6.45, 7) is 7.83. The first kappa shape index (κ1) is 22.6. The van der Waals surface area contributed by atoms with Gasteiger partial charge in [0, 0.05) is 16.5 Å². The van der Waals surface area contributed by atoms with Crippen LogP contribution < -0.4 is 4.74 Å². The standard InChI is InChI=1S/C26H31NO4S/c1-15(2)31-20-11-10-18(14-17(20)4)23(28)21-22(25-16(3)12-13-32-25)27(26(30)24(21)29)19-8-6-5-7-9-19/h10-15,19,22,28H,5-9H2,1-4H3/b23-21-. The summed E-state index contributed by atoms with van der Waals surface area (Å²) in [5.41, 5.74) is 2.63. The van der Waals surface area contributed by atoms with Crippen LogP contribution in [0.3, 0.4) is 0 Å². The molecule has 2 aromatic rings. The van der Waals surface area contributed by atoms with Crippen LogP contribution in [0, 0.1) is 13.8 Å². The SMILES string of the molecule is Cc1cc(/C(O)=C2/C(=O)C(=O)N(C3CCCCC3)C2c2sccc2C)ccc1OC(C)C. The van der Waals surface area contributed by atoms with Crippen molar-refractivity contribution in [1.82, 2.24) is 4.90 Å². The maximum atomic E-state index is 13.3. The molecule has 1 aromatic heterocycles. The lowest BCUT2D eigenvalue weighted by Crippen LogP contribution is -2.40. The first-order chi connectivity index (χ1) is 15.3. The van der Waals surface area contributed by atoms with Crippen molar-refractivity contribution in [3.63, 3.8) is 0 Å². The number of likely N-dealkylation sites (tertiary alicyclic amines) is 1. The second kappa shape index (κ2) is 9.10. The normalized spacial score (nSPS) is 21.5. The minimum absolute atomic E-state index is 0.0283. The summed E-state index contributed by atoms with van der Waals surface area (Å²) in [7, 11) is 0. The number of hydrogen-bond acceptors (Lipinski definition) is 5. The number of hydrogen-bond donors (Lipinski definition) is 1. The van der Waals surface area contributed by atoms with E-state index in [2.05, 4.69) is 0 Å². The minimum Gasteiger partial charge on any atom is -0.507 e. The van der Waals surface area contributed by atoms with Gasteiger partial charge in [-0.3, -0.25) is 9.59 Å². The lowest BCUT2D eigenvalue weighted by atomic mass is 9.92. The largest absolute Gasteiger partial charge is 0.507 e. The molecule has 1 saturated heterocycles. The van der Waals surface area contributed by atoms with Crippen molar-refractivity contribution >= 4 is 28.8 Å². The van der Waals surface area contributed by atoms with Gasteiger partial charge in [-0.1, -0.05) is 19.3 Å². The van der Waals surface area contributed by atoms with Crippen molar-refractivity contribution in [1.29, 1.82) is 0 Å². The van der Waals surface area contributed by atoms with E-state index >= 15 is 0 Å². The lowest BCUT2D eigenvalue weighted by molar-refractivity contribution is -0.141. The van der Waals surface area contributed by atoms with Crippen molar-refractivity contribution in [2.24, 2.45) is 0 Å². The predicted octanol–water partition coefficient (Wildman–Crippen LogP) is 5.91. The zero-order valence-corrected chi connectivity index (χ0v) is 20.0. The van der Waals surface area contributed by atoms with Crippen molar-refractivity contribution < 1.29 is 19.4 Å². The van der Waals surface area contributed by atoms with Crippen LogP contribution in [0.2, 0.25) is 0 Å². The van der Waals surface area contributed by atoms with Gasteiger partial charge in [0.05, 0.1) is 11.7 Å². The molecule has 1 N–H and O–H groups in total. The number of Topliss-reactive ketones (excluding diaryl/α,β-unsaturated/α-hetero) is 1. The molecule has 6 heteroatoms. The highest BCUT2D eigenvalue weighted by Crippen LogP contribution is 2.45. The van der Waals surface area contributed by atoms with Crippen LogP contribution in [0.4, 0.5) is 0 Å². The van der Waals surface area contributed by atoms with Crippen LogP contribution in [-0.2, 0) is 9.59 Å². The molecule has 1 aliphatic carbocycles. The summed E-state index contributed by atoms with van der Waals surface area (Å²) in [4.78, 5) is 29.2. The number of benzene rings is 1. The Hall–Kier alpha value is -2.60. The fraction of sp³-hybridized carbons (Fsp3) is 0.462. The maximum Gasteiger partial charge on any atom is 0.295 e. The Morgan fingerprint density at radius 1 is 1.09 bits per heavy atom. The van der Waals surface area contributed by atoms with Gasteiger partial charge in [0.2, 0.25) is 0 Å². The molecule has 1 aromatic carbocycles. The first-order valence-corrected chi connectivity index (χ1v) is 12.3. The van der Waals surface area contributed by atoms with Crippen molar-refractivity contribution in [3.8, 4) is 5.75 Å². The third kappa shape index (κ3) is 4.08. The molecule has 4 rings (SSSR count). The molecule has 1 aliphatic heterocycles.